The lowest BCUT2D eigenvalue weighted by Gasteiger charge is -2.30. The maximum atomic E-state index is 12.0. The van der Waals surface area contributed by atoms with Crippen molar-refractivity contribution in [3.05, 3.63) is 0 Å². The van der Waals surface area contributed by atoms with E-state index in [0.29, 0.717) is 12.5 Å². The number of hydrogen-bond acceptors (Lipinski definition) is 3. The number of rotatable bonds is 4. The van der Waals surface area contributed by atoms with Gasteiger partial charge >= 0.3 is 0 Å². The van der Waals surface area contributed by atoms with Crippen molar-refractivity contribution in [1.82, 2.24) is 4.90 Å². The summed E-state index contributed by atoms with van der Waals surface area (Å²) in [6.45, 7) is 5.56. The van der Waals surface area contributed by atoms with E-state index in [2.05, 4.69) is 13.8 Å². The van der Waals surface area contributed by atoms with Crippen molar-refractivity contribution in [3.63, 3.8) is 0 Å². The molecule has 3 nitrogen and oxygen atoms in total. The lowest BCUT2D eigenvalue weighted by molar-refractivity contribution is -0.134. The topological polar surface area (TPSA) is 46.3 Å². The van der Waals surface area contributed by atoms with Crippen molar-refractivity contribution in [3.8, 4) is 0 Å². The van der Waals surface area contributed by atoms with E-state index in [-0.39, 0.29) is 11.3 Å². The molecular weight excluding hydrogens is 208 g/mol. The Morgan fingerprint density at radius 1 is 1.60 bits per heavy atom. The Morgan fingerprint density at radius 3 is 2.73 bits per heavy atom. The van der Waals surface area contributed by atoms with Crippen LogP contribution in [0.1, 0.15) is 20.3 Å². The van der Waals surface area contributed by atoms with Gasteiger partial charge in [-0.1, -0.05) is 13.8 Å². The molecule has 1 aliphatic rings. The summed E-state index contributed by atoms with van der Waals surface area (Å²) >= 11 is 1.88. The average molecular weight is 230 g/mol. The minimum Gasteiger partial charge on any atom is -0.345 e. The predicted octanol–water partition coefficient (Wildman–Crippen LogP) is 1.18. The van der Waals surface area contributed by atoms with Crippen molar-refractivity contribution in [2.75, 3.05) is 31.6 Å². The summed E-state index contributed by atoms with van der Waals surface area (Å²) in [6.07, 6.45) is 1.04. The molecule has 4 heteroatoms. The first-order valence-corrected chi connectivity index (χ1v) is 6.64. The summed E-state index contributed by atoms with van der Waals surface area (Å²) in [4.78, 5) is 13.9. The molecule has 1 atom stereocenters. The third kappa shape index (κ3) is 3.68. The van der Waals surface area contributed by atoms with E-state index in [9.17, 15) is 4.79 Å². The highest BCUT2D eigenvalue weighted by Gasteiger charge is 2.28. The van der Waals surface area contributed by atoms with Gasteiger partial charge in [-0.05, 0) is 24.1 Å². The van der Waals surface area contributed by atoms with Gasteiger partial charge in [0.15, 0.2) is 0 Å². The minimum atomic E-state index is 0.0240. The van der Waals surface area contributed by atoms with E-state index in [4.69, 9.17) is 5.73 Å². The molecule has 1 fully saturated rings. The highest BCUT2D eigenvalue weighted by Crippen LogP contribution is 2.25. The van der Waals surface area contributed by atoms with Crippen LogP contribution >= 0.6 is 11.8 Å². The maximum Gasteiger partial charge on any atom is 0.226 e. The molecule has 0 radical (unpaired) electrons. The summed E-state index contributed by atoms with van der Waals surface area (Å²) in [5, 5.41) is 0. The van der Waals surface area contributed by atoms with Crippen LogP contribution in [0.3, 0.4) is 0 Å². The van der Waals surface area contributed by atoms with E-state index >= 15 is 0 Å². The van der Waals surface area contributed by atoms with Crippen LogP contribution in [-0.4, -0.2) is 42.4 Å². The number of nitrogens with two attached hydrogens (primary N) is 1. The molecule has 0 bridgehead atoms. The molecule has 1 aliphatic heterocycles. The molecule has 1 saturated heterocycles. The van der Waals surface area contributed by atoms with Crippen molar-refractivity contribution in [2.45, 2.75) is 20.3 Å². The van der Waals surface area contributed by atoms with Crippen molar-refractivity contribution in [2.24, 2.45) is 17.1 Å². The fourth-order valence-electron chi connectivity index (χ4n) is 1.83. The zero-order chi connectivity index (χ0) is 11.5. The molecule has 0 saturated carbocycles. The number of amides is 1. The molecule has 0 aromatic heterocycles. The van der Waals surface area contributed by atoms with E-state index in [1.54, 1.807) is 0 Å². The normalized spacial score (nSPS) is 21.7. The van der Waals surface area contributed by atoms with Gasteiger partial charge in [0.2, 0.25) is 5.91 Å². The summed E-state index contributed by atoms with van der Waals surface area (Å²) in [5.41, 5.74) is 5.69. The SMILES string of the molecule is CN(CC(C)(C)CN)C(=O)C1CCSC1. The van der Waals surface area contributed by atoms with Gasteiger partial charge < -0.3 is 10.6 Å². The minimum absolute atomic E-state index is 0.0240. The number of carbonyl (C=O) groups excluding carboxylic acids is 1. The van der Waals surface area contributed by atoms with Crippen molar-refractivity contribution >= 4 is 17.7 Å². The molecule has 0 aliphatic carbocycles. The van der Waals surface area contributed by atoms with Crippen molar-refractivity contribution in [1.29, 1.82) is 0 Å². The van der Waals surface area contributed by atoms with Gasteiger partial charge in [0, 0.05) is 25.3 Å². The van der Waals surface area contributed by atoms with Crippen LogP contribution in [0.15, 0.2) is 0 Å². The molecule has 1 amide bonds. The van der Waals surface area contributed by atoms with E-state index in [1.807, 2.05) is 23.7 Å². The first kappa shape index (κ1) is 12.8. The first-order chi connectivity index (χ1) is 6.96. The van der Waals surface area contributed by atoms with Crippen LogP contribution in [0.4, 0.5) is 0 Å². The maximum absolute atomic E-state index is 12.0. The Kier molecular flexibility index (Phi) is 4.46. The van der Waals surface area contributed by atoms with Gasteiger partial charge in [-0.15, -0.1) is 0 Å². The Morgan fingerprint density at radius 2 is 2.27 bits per heavy atom. The van der Waals surface area contributed by atoms with Crippen LogP contribution in [0, 0.1) is 11.3 Å². The third-order valence-corrected chi connectivity index (χ3v) is 4.04. The fourth-order valence-corrected chi connectivity index (χ4v) is 3.04. The quantitative estimate of drug-likeness (QED) is 0.789. The highest BCUT2D eigenvalue weighted by atomic mass is 32.2. The summed E-state index contributed by atoms with van der Waals surface area (Å²) in [5.74, 6) is 2.66. The van der Waals surface area contributed by atoms with Gasteiger partial charge in [-0.3, -0.25) is 4.79 Å². The zero-order valence-electron chi connectivity index (χ0n) is 9.95. The van der Waals surface area contributed by atoms with Gasteiger partial charge in [0.1, 0.15) is 0 Å². The van der Waals surface area contributed by atoms with E-state index < -0.39 is 0 Å². The van der Waals surface area contributed by atoms with Gasteiger partial charge in [-0.2, -0.15) is 11.8 Å². The molecule has 0 aromatic carbocycles. The molecule has 2 N–H and O–H groups in total. The number of hydrogen-bond donors (Lipinski definition) is 1. The molecule has 88 valence electrons. The molecule has 0 aromatic rings. The van der Waals surface area contributed by atoms with Crippen LogP contribution in [-0.2, 0) is 4.79 Å². The van der Waals surface area contributed by atoms with Gasteiger partial charge in [0.25, 0.3) is 0 Å². The summed E-state index contributed by atoms with van der Waals surface area (Å²) in [7, 11) is 1.89. The predicted molar refractivity (Wildman–Crippen MR) is 65.9 cm³/mol. The second kappa shape index (κ2) is 5.21. The van der Waals surface area contributed by atoms with Gasteiger partial charge in [-0.25, -0.2) is 0 Å². The number of nitrogens with zero attached hydrogens (tertiary/aromatic N) is 1. The zero-order valence-corrected chi connectivity index (χ0v) is 10.8. The Labute approximate surface area is 96.8 Å². The summed E-state index contributed by atoms with van der Waals surface area (Å²) < 4.78 is 0. The second-order valence-electron chi connectivity index (χ2n) is 5.12. The van der Waals surface area contributed by atoms with Gasteiger partial charge in [0.05, 0.1) is 0 Å². The van der Waals surface area contributed by atoms with Crippen LogP contribution in [0.5, 0.6) is 0 Å². The van der Waals surface area contributed by atoms with Crippen molar-refractivity contribution < 1.29 is 4.79 Å². The number of thioether (sulfide) groups is 1. The number of carbonyl (C=O) groups is 1. The van der Waals surface area contributed by atoms with E-state index in [0.717, 1.165) is 24.5 Å². The molecule has 1 rings (SSSR count). The lowest BCUT2D eigenvalue weighted by atomic mass is 9.92. The summed E-state index contributed by atoms with van der Waals surface area (Å²) in [6, 6.07) is 0. The standard InChI is InChI=1S/C11H22N2OS/c1-11(2,7-12)8-13(3)10(14)9-4-5-15-6-9/h9H,4-8,12H2,1-3H3. The molecule has 1 unspecified atom stereocenters. The first-order valence-electron chi connectivity index (χ1n) is 5.49. The van der Waals surface area contributed by atoms with E-state index in [1.165, 1.54) is 0 Å². The smallest absolute Gasteiger partial charge is 0.226 e. The molecule has 0 spiro atoms. The Balaban J connectivity index is 2.45. The lowest BCUT2D eigenvalue weighted by Crippen LogP contribution is -2.42. The largest absolute Gasteiger partial charge is 0.345 e. The highest BCUT2D eigenvalue weighted by molar-refractivity contribution is 7.99. The van der Waals surface area contributed by atoms with Crippen LogP contribution < -0.4 is 5.73 Å². The van der Waals surface area contributed by atoms with Crippen LogP contribution in [0.25, 0.3) is 0 Å². The van der Waals surface area contributed by atoms with Crippen LogP contribution in [0.2, 0.25) is 0 Å². The fraction of sp³-hybridized carbons (Fsp3) is 0.909. The molecular formula is C11H22N2OS. The third-order valence-electron chi connectivity index (χ3n) is 2.87. The monoisotopic (exact) mass is 230 g/mol. The average Bonchev–Trinajstić information content (AvgIpc) is 2.68. The molecule has 15 heavy (non-hydrogen) atoms. The Hall–Kier alpha value is -0.220. The molecule has 1 heterocycles. The second-order valence-corrected chi connectivity index (χ2v) is 6.27. The Bertz CT molecular complexity index is 225.